The van der Waals surface area contributed by atoms with Crippen LogP contribution in [-0.4, -0.2) is 40.4 Å². The third-order valence-electron chi connectivity index (χ3n) is 3.38. The van der Waals surface area contributed by atoms with E-state index in [9.17, 15) is 13.2 Å². The van der Waals surface area contributed by atoms with Gasteiger partial charge in [-0.2, -0.15) is 0 Å². The lowest BCUT2D eigenvalue weighted by Gasteiger charge is -2.07. The molecule has 0 saturated heterocycles. The van der Waals surface area contributed by atoms with Crippen LogP contribution in [0, 0.1) is 0 Å². The molecule has 2 N–H and O–H groups in total. The number of aromatic nitrogens is 4. The highest BCUT2D eigenvalue weighted by atomic mass is 32.2. The van der Waals surface area contributed by atoms with Crippen LogP contribution in [0.5, 0.6) is 0 Å². The molecule has 3 heterocycles. The summed E-state index contributed by atoms with van der Waals surface area (Å²) in [5.41, 5.74) is 6.77. The van der Waals surface area contributed by atoms with Crippen molar-refractivity contribution in [2.45, 2.75) is 4.90 Å². The van der Waals surface area contributed by atoms with Gasteiger partial charge in [0.15, 0.2) is 21.3 Å². The van der Waals surface area contributed by atoms with Crippen LogP contribution in [0.1, 0.15) is 16.1 Å². The van der Waals surface area contributed by atoms with Gasteiger partial charge in [-0.1, -0.05) is 0 Å². The van der Waals surface area contributed by atoms with E-state index in [1.165, 1.54) is 30.9 Å². The first-order valence-corrected chi connectivity index (χ1v) is 8.98. The van der Waals surface area contributed by atoms with Crippen molar-refractivity contribution in [3.05, 3.63) is 60.4 Å². The van der Waals surface area contributed by atoms with Gasteiger partial charge in [-0.25, -0.2) is 18.4 Å². The molecule has 8 nitrogen and oxygen atoms in total. The minimum absolute atomic E-state index is 0.0233. The first-order chi connectivity index (χ1) is 11.9. The Hall–Kier alpha value is -3.20. The van der Waals surface area contributed by atoms with E-state index in [1.807, 2.05) is 0 Å². The summed E-state index contributed by atoms with van der Waals surface area (Å²) in [6.07, 6.45) is 8.07. The number of rotatable bonds is 4. The maximum atomic E-state index is 12.5. The number of sulfone groups is 1. The zero-order valence-electron chi connectivity index (χ0n) is 13.1. The van der Waals surface area contributed by atoms with Crippen molar-refractivity contribution >= 4 is 21.4 Å². The van der Waals surface area contributed by atoms with Gasteiger partial charge in [0.25, 0.3) is 0 Å². The number of carbonyl (C=O) groups excluding carboxylic acids is 1. The quantitative estimate of drug-likeness (QED) is 0.690. The van der Waals surface area contributed by atoms with Crippen LogP contribution < -0.4 is 5.73 Å². The van der Waals surface area contributed by atoms with E-state index in [0.717, 1.165) is 6.26 Å². The van der Waals surface area contributed by atoms with Gasteiger partial charge in [0.05, 0.1) is 16.8 Å². The third-order valence-corrected chi connectivity index (χ3v) is 4.46. The number of carbonyl (C=O) groups is 1. The fourth-order valence-corrected chi connectivity index (χ4v) is 2.69. The summed E-state index contributed by atoms with van der Waals surface area (Å²) in [6, 6.07) is 4.63. The van der Waals surface area contributed by atoms with E-state index in [1.54, 1.807) is 18.3 Å². The van der Waals surface area contributed by atoms with Crippen molar-refractivity contribution in [1.82, 2.24) is 19.9 Å². The first kappa shape index (κ1) is 16.7. The summed E-state index contributed by atoms with van der Waals surface area (Å²) < 4.78 is 23.3. The first-order valence-electron chi connectivity index (χ1n) is 7.09. The van der Waals surface area contributed by atoms with Crippen LogP contribution in [-0.2, 0) is 9.84 Å². The molecule has 3 aromatic rings. The number of anilines is 1. The zero-order valence-corrected chi connectivity index (χ0v) is 13.9. The Bertz CT molecular complexity index is 1050. The molecule has 0 saturated carbocycles. The molecule has 0 aliphatic carbocycles. The molecule has 126 valence electrons. The summed E-state index contributed by atoms with van der Waals surface area (Å²) in [5.74, 6) is -0.447. The van der Waals surface area contributed by atoms with Crippen molar-refractivity contribution in [3.8, 4) is 11.3 Å². The average Bonchev–Trinajstić information content (AvgIpc) is 2.62. The van der Waals surface area contributed by atoms with Gasteiger partial charge in [-0.05, 0) is 18.2 Å². The Morgan fingerprint density at radius 3 is 2.60 bits per heavy atom. The number of ketones is 1. The smallest absolute Gasteiger partial charge is 0.216 e. The molecule has 0 unspecified atom stereocenters. The number of pyridine rings is 2. The van der Waals surface area contributed by atoms with Crippen LogP contribution in [0.3, 0.4) is 0 Å². The maximum absolute atomic E-state index is 12.5. The number of hydrogen-bond acceptors (Lipinski definition) is 8. The molecular formula is C16H13N5O3S. The number of nitrogen functional groups attached to an aromatic ring is 1. The second-order valence-corrected chi connectivity index (χ2v) is 7.26. The Balaban J connectivity index is 2.07. The van der Waals surface area contributed by atoms with Gasteiger partial charge in [0.2, 0.25) is 5.78 Å². The van der Waals surface area contributed by atoms with Gasteiger partial charge in [0, 0.05) is 42.2 Å². The Morgan fingerprint density at radius 1 is 1.12 bits per heavy atom. The highest BCUT2D eigenvalue weighted by molar-refractivity contribution is 7.90. The van der Waals surface area contributed by atoms with E-state index in [0.29, 0.717) is 16.8 Å². The van der Waals surface area contributed by atoms with Crippen LogP contribution in [0.15, 0.2) is 54.1 Å². The van der Waals surface area contributed by atoms with Crippen LogP contribution in [0.2, 0.25) is 0 Å². The van der Waals surface area contributed by atoms with Gasteiger partial charge in [0.1, 0.15) is 0 Å². The molecule has 3 aromatic heterocycles. The predicted molar refractivity (Wildman–Crippen MR) is 90.5 cm³/mol. The fraction of sp³-hybridized carbons (Fsp3) is 0.0625. The molecule has 0 aliphatic rings. The summed E-state index contributed by atoms with van der Waals surface area (Å²) >= 11 is 0. The molecule has 0 bridgehead atoms. The molecule has 9 heteroatoms. The number of nitrogens with zero attached hydrogens (tertiary/aromatic N) is 4. The topological polar surface area (TPSA) is 129 Å². The zero-order chi connectivity index (χ0) is 18.0. The van der Waals surface area contributed by atoms with Crippen molar-refractivity contribution in [3.63, 3.8) is 0 Å². The molecule has 0 aliphatic heterocycles. The predicted octanol–water partition coefficient (Wildman–Crippen LogP) is 1.15. The summed E-state index contributed by atoms with van der Waals surface area (Å²) in [7, 11) is -3.42. The largest absolute Gasteiger partial charge is 0.382 e. The van der Waals surface area contributed by atoms with Crippen LogP contribution in [0.25, 0.3) is 11.3 Å². The average molecular weight is 355 g/mol. The maximum Gasteiger partial charge on any atom is 0.216 e. The van der Waals surface area contributed by atoms with Gasteiger partial charge in [-0.3, -0.25) is 14.8 Å². The minimum Gasteiger partial charge on any atom is -0.382 e. The SMILES string of the molecule is CS(=O)(=O)c1cncc(-c2cnc(N)c(C(=O)c3cccnc3)n2)c1. The third kappa shape index (κ3) is 3.50. The van der Waals surface area contributed by atoms with Crippen molar-refractivity contribution in [2.24, 2.45) is 0 Å². The highest BCUT2D eigenvalue weighted by Crippen LogP contribution is 2.21. The Morgan fingerprint density at radius 2 is 1.92 bits per heavy atom. The second kappa shape index (κ2) is 6.36. The van der Waals surface area contributed by atoms with Crippen molar-refractivity contribution in [2.75, 3.05) is 12.0 Å². The van der Waals surface area contributed by atoms with E-state index >= 15 is 0 Å². The Kier molecular flexibility index (Phi) is 4.24. The highest BCUT2D eigenvalue weighted by Gasteiger charge is 2.17. The van der Waals surface area contributed by atoms with E-state index in [4.69, 9.17) is 5.73 Å². The molecule has 0 atom stereocenters. The lowest BCUT2D eigenvalue weighted by atomic mass is 10.1. The fourth-order valence-electron chi connectivity index (χ4n) is 2.10. The summed E-state index contributed by atoms with van der Waals surface area (Å²) in [5, 5.41) is 0. The standard InChI is InChI=1S/C16H13N5O3S/c1-25(23,24)12-5-11(7-19-8-12)13-9-20-16(17)14(21-13)15(22)10-3-2-4-18-6-10/h2-9H,1H3,(H2,17,20). The second-order valence-electron chi connectivity index (χ2n) is 5.24. The summed E-state index contributed by atoms with van der Waals surface area (Å²) in [6.45, 7) is 0. The molecule has 0 radical (unpaired) electrons. The van der Waals surface area contributed by atoms with Crippen LogP contribution >= 0.6 is 0 Å². The van der Waals surface area contributed by atoms with E-state index < -0.39 is 15.6 Å². The van der Waals surface area contributed by atoms with Crippen LogP contribution in [0.4, 0.5) is 5.82 Å². The molecule has 0 spiro atoms. The summed E-state index contributed by atoms with van der Waals surface area (Å²) in [4.78, 5) is 28.6. The lowest BCUT2D eigenvalue weighted by molar-refractivity contribution is 0.103. The van der Waals surface area contributed by atoms with Crippen molar-refractivity contribution < 1.29 is 13.2 Å². The van der Waals surface area contributed by atoms with Gasteiger partial charge in [-0.15, -0.1) is 0 Å². The van der Waals surface area contributed by atoms with Crippen molar-refractivity contribution in [1.29, 1.82) is 0 Å². The van der Waals surface area contributed by atoms with Gasteiger partial charge < -0.3 is 5.73 Å². The molecule has 0 fully saturated rings. The number of nitrogens with two attached hydrogens (primary N) is 1. The lowest BCUT2D eigenvalue weighted by Crippen LogP contribution is -2.11. The van der Waals surface area contributed by atoms with Gasteiger partial charge >= 0.3 is 0 Å². The van der Waals surface area contributed by atoms with E-state index in [-0.39, 0.29) is 16.4 Å². The van der Waals surface area contributed by atoms with E-state index in [2.05, 4.69) is 19.9 Å². The molecule has 3 rings (SSSR count). The molecule has 0 amide bonds. The molecule has 25 heavy (non-hydrogen) atoms. The normalized spacial score (nSPS) is 11.2. The number of hydrogen-bond donors (Lipinski definition) is 1. The molecular weight excluding hydrogens is 342 g/mol. The molecule has 0 aromatic carbocycles. The Labute approximate surface area is 143 Å². The monoisotopic (exact) mass is 355 g/mol. The minimum atomic E-state index is -3.42.